The molecule has 0 aliphatic carbocycles. The lowest BCUT2D eigenvalue weighted by Crippen LogP contribution is -2.13. The van der Waals surface area contributed by atoms with Crippen LogP contribution in [0.25, 0.3) is 11.0 Å². The molecule has 0 amide bonds. The van der Waals surface area contributed by atoms with E-state index in [0.29, 0.717) is 16.6 Å². The number of H-pyrrole nitrogens is 1. The summed E-state index contributed by atoms with van der Waals surface area (Å²) in [5, 5.41) is 9.40. The Morgan fingerprint density at radius 1 is 1.41 bits per heavy atom. The largest absolute Gasteiger partial charge is 0.345 e. The van der Waals surface area contributed by atoms with Crippen molar-refractivity contribution in [3.05, 3.63) is 30.1 Å². The molecule has 2 N–H and O–H groups in total. The van der Waals surface area contributed by atoms with E-state index >= 15 is 0 Å². The highest BCUT2D eigenvalue weighted by Gasteiger charge is 2.25. The molecule has 0 saturated heterocycles. The second-order valence-electron chi connectivity index (χ2n) is 3.68. The third kappa shape index (κ3) is 2.46. The maximum absolute atomic E-state index is 11.2. The van der Waals surface area contributed by atoms with Crippen LogP contribution in [0.2, 0.25) is 0 Å². The molecule has 1 atom stereocenters. The van der Waals surface area contributed by atoms with Crippen molar-refractivity contribution in [2.75, 3.05) is 6.61 Å². The highest BCUT2D eigenvalue weighted by molar-refractivity contribution is 7.86. The predicted octanol–water partition coefficient (Wildman–Crippen LogP) is 1.31. The van der Waals surface area contributed by atoms with Gasteiger partial charge in [0.25, 0.3) is 10.1 Å². The Morgan fingerprint density at radius 2 is 2.18 bits per heavy atom. The molecule has 0 bridgehead atoms. The van der Waals surface area contributed by atoms with Crippen LogP contribution in [-0.4, -0.2) is 29.5 Å². The molecule has 7 heteroatoms. The van der Waals surface area contributed by atoms with Crippen LogP contribution in [0.1, 0.15) is 17.2 Å². The lowest BCUT2D eigenvalue weighted by atomic mass is 10.1. The minimum Gasteiger partial charge on any atom is -0.345 e. The zero-order valence-electron chi connectivity index (χ0n) is 8.83. The van der Waals surface area contributed by atoms with Crippen molar-refractivity contribution in [3.63, 3.8) is 0 Å². The fraction of sp³-hybridized carbons (Fsp3) is 0.300. The molecule has 1 radical (unpaired) electrons. The van der Waals surface area contributed by atoms with Gasteiger partial charge in [0.15, 0.2) is 0 Å². The van der Waals surface area contributed by atoms with E-state index in [-0.39, 0.29) is 6.42 Å². The van der Waals surface area contributed by atoms with E-state index in [1.165, 1.54) is 6.33 Å². The van der Waals surface area contributed by atoms with Crippen molar-refractivity contribution >= 4 is 21.2 Å². The first kappa shape index (κ1) is 12.0. The van der Waals surface area contributed by atoms with E-state index in [4.69, 9.17) is 4.55 Å². The summed E-state index contributed by atoms with van der Waals surface area (Å²) in [6.45, 7) is -0.564. The number of aromatic amines is 1. The smallest absolute Gasteiger partial charge is 0.272 e. The third-order valence-corrected chi connectivity index (χ3v) is 3.78. The number of hydrogen-bond donors (Lipinski definition) is 2. The molecule has 2 rings (SSSR count). The Hall–Kier alpha value is -1.44. The van der Waals surface area contributed by atoms with Gasteiger partial charge in [-0.15, -0.1) is 0 Å². The molecule has 1 heterocycles. The predicted molar refractivity (Wildman–Crippen MR) is 60.6 cm³/mol. The van der Waals surface area contributed by atoms with E-state index in [9.17, 15) is 13.5 Å². The maximum atomic E-state index is 11.2. The highest BCUT2D eigenvalue weighted by Crippen LogP contribution is 2.26. The van der Waals surface area contributed by atoms with Crippen LogP contribution < -0.4 is 0 Å². The van der Waals surface area contributed by atoms with E-state index in [0.717, 1.165) is 0 Å². The van der Waals surface area contributed by atoms with Crippen LogP contribution in [0.5, 0.6) is 0 Å². The second-order valence-corrected chi connectivity index (χ2v) is 5.27. The number of benzene rings is 1. The molecule has 0 saturated carbocycles. The van der Waals surface area contributed by atoms with Crippen LogP contribution >= 0.6 is 0 Å². The molecule has 0 aliphatic heterocycles. The first-order valence-corrected chi connectivity index (χ1v) is 6.50. The molecule has 91 valence electrons. The van der Waals surface area contributed by atoms with Gasteiger partial charge in [-0.05, 0) is 24.1 Å². The van der Waals surface area contributed by atoms with Crippen LogP contribution in [0.15, 0.2) is 24.5 Å². The van der Waals surface area contributed by atoms with Gasteiger partial charge in [-0.25, -0.2) is 10.1 Å². The first-order valence-electron chi connectivity index (χ1n) is 5.00. The summed E-state index contributed by atoms with van der Waals surface area (Å²) in [7, 11) is -4.27. The number of aromatic nitrogens is 2. The second kappa shape index (κ2) is 4.44. The van der Waals surface area contributed by atoms with Crippen molar-refractivity contribution in [2.24, 2.45) is 0 Å². The summed E-state index contributed by atoms with van der Waals surface area (Å²) in [6, 6.07) is 4.78. The fourth-order valence-electron chi connectivity index (χ4n) is 1.75. The average molecular weight is 255 g/mol. The molecule has 17 heavy (non-hydrogen) atoms. The molecule has 0 fully saturated rings. The van der Waals surface area contributed by atoms with Gasteiger partial charge < -0.3 is 4.98 Å². The summed E-state index contributed by atoms with van der Waals surface area (Å²) < 4.78 is 31.5. The zero-order chi connectivity index (χ0) is 12.5. The van der Waals surface area contributed by atoms with E-state index in [2.05, 4.69) is 9.97 Å². The number of nitrogens with zero attached hydrogens (tertiary/aromatic N) is 1. The van der Waals surface area contributed by atoms with Crippen molar-refractivity contribution in [1.29, 1.82) is 0 Å². The van der Waals surface area contributed by atoms with Crippen molar-refractivity contribution < 1.29 is 18.1 Å². The Bertz CT molecular complexity index is 620. The maximum Gasteiger partial charge on any atom is 0.272 e. The molecule has 1 aromatic carbocycles. The van der Waals surface area contributed by atoms with Gasteiger partial charge >= 0.3 is 0 Å². The molecular formula is C10H11N2O4S. The number of fused-ring (bicyclic) bond motifs is 1. The fourth-order valence-corrected chi connectivity index (χ4v) is 2.63. The SMILES string of the molecule is [O]CCC(c1ccc2nc[nH]c2c1)S(=O)(=O)O. The zero-order valence-corrected chi connectivity index (χ0v) is 9.64. The Kier molecular flexibility index (Phi) is 3.14. The molecule has 0 aliphatic rings. The number of hydrogen-bond acceptors (Lipinski definition) is 3. The van der Waals surface area contributed by atoms with E-state index in [1.54, 1.807) is 18.2 Å². The van der Waals surface area contributed by atoms with Crippen LogP contribution in [0.4, 0.5) is 0 Å². The summed E-state index contributed by atoms with van der Waals surface area (Å²) in [5.41, 5.74) is 1.76. The topological polar surface area (TPSA) is 103 Å². The van der Waals surface area contributed by atoms with Gasteiger partial charge in [0.2, 0.25) is 0 Å². The lowest BCUT2D eigenvalue weighted by Gasteiger charge is -2.12. The standard InChI is InChI=1S/C10H11N2O4S/c13-4-3-10(17(14,15)16)7-1-2-8-9(5-7)12-6-11-8/h1-2,5-6,10H,3-4H2,(H,11,12)(H,14,15,16). The van der Waals surface area contributed by atoms with Gasteiger partial charge in [0.05, 0.1) is 24.0 Å². The van der Waals surface area contributed by atoms with Gasteiger partial charge in [0, 0.05) is 0 Å². The normalized spacial score (nSPS) is 14.0. The summed E-state index contributed by atoms with van der Waals surface area (Å²) in [5.74, 6) is 0. The highest BCUT2D eigenvalue weighted by atomic mass is 32.2. The summed E-state index contributed by atoms with van der Waals surface area (Å²) in [6.07, 6.45) is 1.34. The van der Waals surface area contributed by atoms with E-state index in [1.807, 2.05) is 0 Å². The molecule has 0 spiro atoms. The van der Waals surface area contributed by atoms with Gasteiger partial charge in [0.1, 0.15) is 5.25 Å². The van der Waals surface area contributed by atoms with Crippen LogP contribution in [0.3, 0.4) is 0 Å². The Labute approximate surface area is 98.1 Å². The minimum absolute atomic E-state index is 0.154. The first-order chi connectivity index (χ1) is 8.02. The summed E-state index contributed by atoms with van der Waals surface area (Å²) >= 11 is 0. The van der Waals surface area contributed by atoms with Gasteiger partial charge in [-0.2, -0.15) is 8.42 Å². The minimum atomic E-state index is -4.27. The molecule has 1 unspecified atom stereocenters. The lowest BCUT2D eigenvalue weighted by molar-refractivity contribution is 0.186. The van der Waals surface area contributed by atoms with Crippen molar-refractivity contribution in [3.8, 4) is 0 Å². The number of nitrogens with one attached hydrogen (secondary N) is 1. The molecular weight excluding hydrogens is 244 g/mol. The van der Waals surface area contributed by atoms with Crippen molar-refractivity contribution in [2.45, 2.75) is 11.7 Å². The monoisotopic (exact) mass is 255 g/mol. The third-order valence-electron chi connectivity index (χ3n) is 2.56. The van der Waals surface area contributed by atoms with Crippen LogP contribution in [-0.2, 0) is 15.2 Å². The Balaban J connectivity index is 2.48. The molecule has 6 nitrogen and oxygen atoms in total. The average Bonchev–Trinajstić information content (AvgIpc) is 2.71. The van der Waals surface area contributed by atoms with Gasteiger partial charge in [-0.1, -0.05) is 6.07 Å². The molecule has 2 aromatic rings. The quantitative estimate of drug-likeness (QED) is 0.804. The van der Waals surface area contributed by atoms with Crippen molar-refractivity contribution in [1.82, 2.24) is 9.97 Å². The summed E-state index contributed by atoms with van der Waals surface area (Å²) in [4.78, 5) is 6.84. The Morgan fingerprint density at radius 3 is 2.82 bits per heavy atom. The van der Waals surface area contributed by atoms with Crippen LogP contribution in [0, 0.1) is 0 Å². The molecule has 1 aromatic heterocycles. The number of rotatable bonds is 4. The van der Waals surface area contributed by atoms with E-state index < -0.39 is 22.0 Å². The number of imidazole rings is 1. The van der Waals surface area contributed by atoms with Gasteiger partial charge in [-0.3, -0.25) is 4.55 Å².